The maximum absolute atomic E-state index is 12.9. The molecule has 2 saturated carbocycles. The maximum Gasteiger partial charge on any atom is 0.306 e. The van der Waals surface area contributed by atoms with Crippen molar-refractivity contribution < 1.29 is 42.4 Å². The molecule has 0 spiro atoms. The first-order chi connectivity index (χ1) is 34.1. The summed E-state index contributed by atoms with van der Waals surface area (Å²) in [6, 6.07) is 44.7. The van der Waals surface area contributed by atoms with Gasteiger partial charge in [-0.1, -0.05) is 121 Å². The van der Waals surface area contributed by atoms with E-state index in [0.717, 1.165) is 80.3 Å². The van der Waals surface area contributed by atoms with Crippen LogP contribution >= 0.6 is 0 Å². The van der Waals surface area contributed by atoms with Crippen molar-refractivity contribution in [3.8, 4) is 22.3 Å². The summed E-state index contributed by atoms with van der Waals surface area (Å²) in [7, 11) is 0. The van der Waals surface area contributed by atoms with Crippen LogP contribution in [-0.2, 0) is 44.9 Å². The number of nitrogens with two attached hydrogens (primary N) is 2. The fourth-order valence-electron chi connectivity index (χ4n) is 9.94. The Morgan fingerprint density at radius 2 is 1.00 bits per heavy atom. The number of halogens is 1. The van der Waals surface area contributed by atoms with E-state index in [2.05, 4.69) is 118 Å². The van der Waals surface area contributed by atoms with E-state index in [9.17, 15) is 19.2 Å². The molecule has 11 nitrogen and oxygen atoms in total. The molecular weight excluding hydrogens is 920 g/mol. The normalized spacial score (nSPS) is 17.7. The summed E-state index contributed by atoms with van der Waals surface area (Å²) >= 11 is 0. The third kappa shape index (κ3) is 16.7. The number of ketones is 2. The SMILES string of the molecule is Cc1nc(N)ccc1CCC(=O)[C@H](C)NC(=O)[C@@H]1CC[C@@H](Cc2ccccc2-c2ccccc2)C1.Cc1nc(N)ccc1CCC(=O)[C@H](C)[NH3+].O=C(O)[C@@H]1CC[C@@H](Cc2ccccc2-c2ccccc2)C1.[Cl-]. The van der Waals surface area contributed by atoms with Crippen LogP contribution in [0.1, 0.15) is 98.9 Å². The van der Waals surface area contributed by atoms with E-state index in [1.807, 2.05) is 45.0 Å². The summed E-state index contributed by atoms with van der Waals surface area (Å²) < 4.78 is 0. The van der Waals surface area contributed by atoms with Gasteiger partial charge in [-0.3, -0.25) is 19.2 Å². The average Bonchev–Trinajstić information content (AvgIpc) is 4.05. The van der Waals surface area contributed by atoms with Gasteiger partial charge < -0.3 is 40.0 Å². The van der Waals surface area contributed by atoms with Crippen LogP contribution in [0.15, 0.2) is 133 Å². The number of aromatic nitrogens is 2. The third-order valence-corrected chi connectivity index (χ3v) is 14.1. The van der Waals surface area contributed by atoms with Crippen LogP contribution in [0.4, 0.5) is 11.6 Å². The van der Waals surface area contributed by atoms with Gasteiger partial charge in [-0.25, -0.2) is 9.97 Å². The molecule has 9 N–H and O–H groups in total. The lowest BCUT2D eigenvalue weighted by atomic mass is 9.91. The van der Waals surface area contributed by atoms with Crippen molar-refractivity contribution in [2.75, 3.05) is 11.5 Å². The van der Waals surface area contributed by atoms with Crippen LogP contribution in [0.3, 0.4) is 0 Å². The number of aliphatic carboxylic acids is 1. The number of nitrogens with zero attached hydrogens (tertiary/aromatic N) is 2. The zero-order chi connectivity index (χ0) is 50.9. The van der Waals surface area contributed by atoms with Crippen molar-refractivity contribution in [1.29, 1.82) is 0 Å². The monoisotopic (exact) mass is 993 g/mol. The number of hydrogen-bond acceptors (Lipinski definition) is 8. The molecule has 6 aromatic rings. The number of pyridine rings is 2. The van der Waals surface area contributed by atoms with Gasteiger partial charge in [0, 0.05) is 30.1 Å². The Balaban J connectivity index is 0.000000221. The molecule has 0 saturated heterocycles. The zero-order valence-corrected chi connectivity index (χ0v) is 43.1. The molecular formula is C60H73ClN6O5. The lowest BCUT2D eigenvalue weighted by Gasteiger charge is -2.17. The van der Waals surface area contributed by atoms with Crippen LogP contribution in [-0.4, -0.2) is 50.6 Å². The molecule has 4 aromatic carbocycles. The Morgan fingerprint density at radius 1 is 0.583 bits per heavy atom. The molecule has 0 bridgehead atoms. The number of hydrogen-bond donors (Lipinski definition) is 5. The highest BCUT2D eigenvalue weighted by Gasteiger charge is 2.32. The number of carbonyl (C=O) groups is 4. The number of carboxylic acid groups (broad SMARTS) is 1. The van der Waals surface area contributed by atoms with E-state index < -0.39 is 12.0 Å². The molecule has 2 aromatic heterocycles. The van der Waals surface area contributed by atoms with E-state index >= 15 is 0 Å². The number of aryl methyl sites for hydroxylation is 4. The highest BCUT2D eigenvalue weighted by Crippen LogP contribution is 2.37. The van der Waals surface area contributed by atoms with Crippen molar-refractivity contribution in [1.82, 2.24) is 15.3 Å². The molecule has 12 heteroatoms. The first kappa shape index (κ1) is 56.2. The first-order valence-corrected chi connectivity index (χ1v) is 25.3. The number of anilines is 2. The molecule has 8 rings (SSSR count). The number of nitrogen functional groups attached to an aromatic ring is 2. The molecule has 1 amide bonds. The van der Waals surface area contributed by atoms with Crippen molar-refractivity contribution in [3.63, 3.8) is 0 Å². The summed E-state index contributed by atoms with van der Waals surface area (Å²) in [6.45, 7) is 7.41. The zero-order valence-electron chi connectivity index (χ0n) is 42.4. The Bertz CT molecular complexity index is 2720. The third-order valence-electron chi connectivity index (χ3n) is 14.1. The summed E-state index contributed by atoms with van der Waals surface area (Å²) in [5.74, 6) is 1.42. The quantitative estimate of drug-likeness (QED) is 0.0650. The molecule has 2 aliphatic rings. The highest BCUT2D eigenvalue weighted by atomic mass is 35.5. The number of quaternary nitrogens is 1. The van der Waals surface area contributed by atoms with Gasteiger partial charge in [0.25, 0.3) is 0 Å². The van der Waals surface area contributed by atoms with Crippen molar-refractivity contribution >= 4 is 35.1 Å². The van der Waals surface area contributed by atoms with Gasteiger partial charge in [0.15, 0.2) is 11.6 Å². The lowest BCUT2D eigenvalue weighted by Crippen LogP contribution is -3.00. The average molecular weight is 994 g/mol. The van der Waals surface area contributed by atoms with Crippen LogP contribution in [0.25, 0.3) is 22.3 Å². The summed E-state index contributed by atoms with van der Waals surface area (Å²) in [6.07, 6.45) is 9.62. The predicted molar refractivity (Wildman–Crippen MR) is 284 cm³/mol. The summed E-state index contributed by atoms with van der Waals surface area (Å²) in [4.78, 5) is 56.5. The van der Waals surface area contributed by atoms with E-state index in [4.69, 9.17) is 16.6 Å². The Morgan fingerprint density at radius 3 is 1.43 bits per heavy atom. The number of Topliss-reactive ketones (excluding diaryl/α,β-unsaturated/α-hetero) is 2. The minimum Gasteiger partial charge on any atom is -1.00 e. The fourth-order valence-corrected chi connectivity index (χ4v) is 9.94. The Kier molecular flexibility index (Phi) is 21.7. The van der Waals surface area contributed by atoms with E-state index in [-0.39, 0.29) is 47.8 Å². The standard InChI is InChI=1S/C30H35N3O2.C19H20O2.C11H17N3O.ClH/c1-20-23(15-17-29(31)32-20)14-16-28(34)21(2)33-30(35)26-13-12-22(19-26)18-25-10-6-7-11-27(25)24-8-4-3-5-9-24;20-19(21)17-11-10-14(13-17)12-16-8-4-5-9-18(16)15-6-2-1-3-7-15;1-7(12)10(15)5-3-9-4-6-11(13)14-8(9)2;/h3-11,15,17,21-22,26H,12-14,16,18-19H2,1-2H3,(H2,31,32)(H,33,35);1-9,14,17H,10-13H2,(H,20,21);4,6-7H,3,5,12H2,1-2H3,(H2,13,14);1H/t21-,22-,26+;14-,17+;7-;/m000./s1. The summed E-state index contributed by atoms with van der Waals surface area (Å²) in [5.41, 5.74) is 26.5. The smallest absolute Gasteiger partial charge is 0.306 e. The lowest BCUT2D eigenvalue weighted by molar-refractivity contribution is -0.397. The summed E-state index contributed by atoms with van der Waals surface area (Å²) in [5, 5.41) is 12.1. The topological polar surface area (TPSA) is 206 Å². The molecule has 2 fully saturated rings. The first-order valence-electron chi connectivity index (χ1n) is 25.3. The number of amides is 1. The molecule has 0 radical (unpaired) electrons. The van der Waals surface area contributed by atoms with Crippen LogP contribution in [0, 0.1) is 37.5 Å². The minimum atomic E-state index is -0.631. The van der Waals surface area contributed by atoms with Crippen molar-refractivity contribution in [2.45, 2.75) is 117 Å². The van der Waals surface area contributed by atoms with Gasteiger partial charge >= 0.3 is 5.97 Å². The molecule has 380 valence electrons. The molecule has 6 atom stereocenters. The van der Waals surface area contributed by atoms with Gasteiger partial charge in [-0.05, 0) is 160 Å². The predicted octanol–water partition coefficient (Wildman–Crippen LogP) is 6.81. The van der Waals surface area contributed by atoms with Crippen LogP contribution in [0.5, 0.6) is 0 Å². The number of carbonyl (C=O) groups excluding carboxylic acids is 3. The second-order valence-electron chi connectivity index (χ2n) is 19.6. The van der Waals surface area contributed by atoms with Crippen LogP contribution in [0.2, 0.25) is 0 Å². The van der Waals surface area contributed by atoms with E-state index in [0.29, 0.717) is 42.7 Å². The Labute approximate surface area is 432 Å². The van der Waals surface area contributed by atoms with Crippen molar-refractivity contribution in [2.24, 2.45) is 23.7 Å². The Hall–Kier alpha value is -6.69. The van der Waals surface area contributed by atoms with E-state index in [1.165, 1.54) is 33.4 Å². The van der Waals surface area contributed by atoms with Crippen molar-refractivity contribution in [3.05, 3.63) is 167 Å². The number of rotatable bonds is 17. The molecule has 0 unspecified atom stereocenters. The molecule has 0 aliphatic heterocycles. The molecule has 2 aliphatic carbocycles. The largest absolute Gasteiger partial charge is 1.00 e. The number of benzene rings is 4. The molecule has 2 heterocycles. The fraction of sp³-hybridized carbons (Fsp3) is 0.367. The molecule has 72 heavy (non-hydrogen) atoms. The number of nitrogens with one attached hydrogen (secondary N) is 1. The van der Waals surface area contributed by atoms with Gasteiger partial charge in [0.05, 0.1) is 12.0 Å². The van der Waals surface area contributed by atoms with Gasteiger partial charge in [0.2, 0.25) is 5.91 Å². The minimum absolute atomic E-state index is 0. The van der Waals surface area contributed by atoms with Crippen LogP contribution < -0.4 is 34.9 Å². The second kappa shape index (κ2) is 27.8. The second-order valence-corrected chi connectivity index (χ2v) is 19.6. The maximum atomic E-state index is 12.9. The van der Waals surface area contributed by atoms with Gasteiger partial charge in [0.1, 0.15) is 17.7 Å². The highest BCUT2D eigenvalue weighted by molar-refractivity contribution is 5.89. The van der Waals surface area contributed by atoms with Gasteiger partial charge in [-0.15, -0.1) is 0 Å². The van der Waals surface area contributed by atoms with Gasteiger partial charge in [-0.2, -0.15) is 0 Å². The van der Waals surface area contributed by atoms with E-state index in [1.54, 1.807) is 19.1 Å². The number of carboxylic acids is 1.